The van der Waals surface area contributed by atoms with Crippen molar-refractivity contribution in [2.75, 3.05) is 24.7 Å². The number of nitrogens with zero attached hydrogens (tertiary/aromatic N) is 3. The van der Waals surface area contributed by atoms with Crippen LogP contribution in [0.1, 0.15) is 63.8 Å². The molecule has 0 aliphatic heterocycles. The Morgan fingerprint density at radius 2 is 1.81 bits per heavy atom. The van der Waals surface area contributed by atoms with Gasteiger partial charge >= 0.3 is 0 Å². The zero-order valence-electron chi connectivity index (χ0n) is 21.1. The molecule has 0 aliphatic rings. The summed E-state index contributed by atoms with van der Waals surface area (Å²) < 4.78 is 3.99. The Kier molecular flexibility index (Phi) is 8.36. The minimum atomic E-state index is -0.958. The van der Waals surface area contributed by atoms with Crippen molar-refractivity contribution in [3.63, 3.8) is 0 Å². The molecule has 9 nitrogen and oxygen atoms in total. The van der Waals surface area contributed by atoms with Crippen LogP contribution in [0.3, 0.4) is 0 Å². The number of primary amides is 1. The molecule has 0 unspecified atom stereocenters. The summed E-state index contributed by atoms with van der Waals surface area (Å²) in [5.74, 6) is -1.63. The van der Waals surface area contributed by atoms with Crippen molar-refractivity contribution in [2.24, 2.45) is 5.73 Å². The third-order valence-electron chi connectivity index (χ3n) is 5.95. The van der Waals surface area contributed by atoms with Gasteiger partial charge in [-0.3, -0.25) is 14.4 Å². The molecule has 0 saturated carbocycles. The summed E-state index contributed by atoms with van der Waals surface area (Å²) >= 11 is 2.28. The molecular formula is C25H32N6O3S2. The molecule has 0 aliphatic carbocycles. The zero-order chi connectivity index (χ0) is 26.6. The maximum absolute atomic E-state index is 13.9. The van der Waals surface area contributed by atoms with Crippen LogP contribution in [0, 0.1) is 0 Å². The number of nitrogen functional groups attached to an aromatic ring is 1. The first-order valence-corrected chi connectivity index (χ1v) is 13.1. The van der Waals surface area contributed by atoms with Gasteiger partial charge in [0.15, 0.2) is 5.69 Å². The summed E-state index contributed by atoms with van der Waals surface area (Å²) in [4.78, 5) is 43.9. The van der Waals surface area contributed by atoms with Gasteiger partial charge in [0.05, 0.1) is 12.2 Å². The SMILES string of the molecule is CCC(C)(C)NC(=O)[C@@H](c1ccc(N(C)C)cc1)N(Cc1cccs1)C(=O)c1snc(C(N)=O)c1N. The highest BCUT2D eigenvalue weighted by Crippen LogP contribution is 2.32. The fourth-order valence-electron chi connectivity index (χ4n) is 3.53. The van der Waals surface area contributed by atoms with Crippen molar-refractivity contribution in [1.29, 1.82) is 0 Å². The lowest BCUT2D eigenvalue weighted by molar-refractivity contribution is -0.127. The molecule has 11 heteroatoms. The molecule has 0 fully saturated rings. The lowest BCUT2D eigenvalue weighted by atomic mass is 9.98. The molecule has 0 spiro atoms. The molecule has 2 heterocycles. The monoisotopic (exact) mass is 528 g/mol. The largest absolute Gasteiger partial charge is 0.395 e. The van der Waals surface area contributed by atoms with Gasteiger partial charge in [-0.25, -0.2) is 0 Å². The van der Waals surface area contributed by atoms with Crippen LogP contribution in [0.4, 0.5) is 11.4 Å². The van der Waals surface area contributed by atoms with Crippen LogP contribution in [0.5, 0.6) is 0 Å². The summed E-state index contributed by atoms with van der Waals surface area (Å²) in [7, 11) is 3.86. The number of anilines is 2. The number of thiophene rings is 1. The van der Waals surface area contributed by atoms with Crippen LogP contribution in [-0.2, 0) is 11.3 Å². The van der Waals surface area contributed by atoms with Crippen LogP contribution >= 0.6 is 22.9 Å². The molecule has 5 N–H and O–H groups in total. The third kappa shape index (κ3) is 6.03. The molecule has 192 valence electrons. The smallest absolute Gasteiger partial charge is 0.270 e. The molecule has 1 atom stereocenters. The van der Waals surface area contributed by atoms with E-state index in [1.54, 1.807) is 0 Å². The third-order valence-corrected chi connectivity index (χ3v) is 7.67. The number of nitrogens with two attached hydrogens (primary N) is 2. The molecule has 0 radical (unpaired) electrons. The van der Waals surface area contributed by atoms with E-state index in [-0.39, 0.29) is 28.7 Å². The molecule has 0 saturated heterocycles. The number of nitrogens with one attached hydrogen (secondary N) is 1. The lowest BCUT2D eigenvalue weighted by Gasteiger charge is -2.34. The second-order valence-electron chi connectivity index (χ2n) is 9.27. The van der Waals surface area contributed by atoms with Gasteiger partial charge in [0.2, 0.25) is 5.91 Å². The van der Waals surface area contributed by atoms with Gasteiger partial charge in [-0.2, -0.15) is 4.37 Å². The zero-order valence-corrected chi connectivity index (χ0v) is 22.7. The van der Waals surface area contributed by atoms with Crippen molar-refractivity contribution >= 4 is 52.0 Å². The second-order valence-corrected chi connectivity index (χ2v) is 11.1. The Labute approximate surface area is 219 Å². The van der Waals surface area contributed by atoms with Crippen molar-refractivity contribution in [3.05, 3.63) is 62.8 Å². The Hall–Kier alpha value is -3.44. The summed E-state index contributed by atoms with van der Waals surface area (Å²) in [6.07, 6.45) is 0.702. The van der Waals surface area contributed by atoms with Gasteiger partial charge in [0.25, 0.3) is 11.8 Å². The molecule has 2 aromatic heterocycles. The minimum absolute atomic E-state index is 0.0674. The van der Waals surface area contributed by atoms with E-state index in [0.717, 1.165) is 22.1 Å². The van der Waals surface area contributed by atoms with Crippen molar-refractivity contribution in [1.82, 2.24) is 14.6 Å². The highest BCUT2D eigenvalue weighted by molar-refractivity contribution is 7.10. The van der Waals surface area contributed by atoms with Crippen LogP contribution in [-0.4, -0.2) is 46.6 Å². The summed E-state index contributed by atoms with van der Waals surface area (Å²) in [5, 5.41) is 5.00. The second kappa shape index (κ2) is 11.1. The molecular weight excluding hydrogens is 496 g/mol. The van der Waals surface area contributed by atoms with E-state index in [2.05, 4.69) is 9.69 Å². The minimum Gasteiger partial charge on any atom is -0.395 e. The van der Waals surface area contributed by atoms with E-state index in [1.807, 2.05) is 81.5 Å². The van der Waals surface area contributed by atoms with Gasteiger partial charge in [-0.1, -0.05) is 25.1 Å². The van der Waals surface area contributed by atoms with E-state index in [9.17, 15) is 14.4 Å². The van der Waals surface area contributed by atoms with Crippen LogP contribution in [0.15, 0.2) is 41.8 Å². The van der Waals surface area contributed by atoms with Gasteiger partial charge in [0.1, 0.15) is 10.9 Å². The van der Waals surface area contributed by atoms with Crippen molar-refractivity contribution in [3.8, 4) is 0 Å². The summed E-state index contributed by atoms with van der Waals surface area (Å²) in [5.41, 5.74) is 12.4. The van der Waals surface area contributed by atoms with E-state index in [1.165, 1.54) is 16.2 Å². The Balaban J connectivity index is 2.14. The van der Waals surface area contributed by atoms with Gasteiger partial charge in [-0.05, 0) is 60.9 Å². The van der Waals surface area contributed by atoms with E-state index < -0.39 is 23.4 Å². The maximum atomic E-state index is 13.9. The fourth-order valence-corrected chi connectivity index (χ4v) is 4.99. The lowest BCUT2D eigenvalue weighted by Crippen LogP contribution is -2.50. The summed E-state index contributed by atoms with van der Waals surface area (Å²) in [6.45, 7) is 6.02. The quantitative estimate of drug-likeness (QED) is 0.368. The number of carbonyl (C=O) groups is 3. The number of hydrogen-bond acceptors (Lipinski definition) is 8. The van der Waals surface area contributed by atoms with Crippen LogP contribution < -0.4 is 21.7 Å². The first-order chi connectivity index (χ1) is 16.9. The van der Waals surface area contributed by atoms with E-state index in [0.29, 0.717) is 12.0 Å². The Morgan fingerprint density at radius 1 is 1.14 bits per heavy atom. The standard InChI is InChI=1S/C25H32N6O3S2/c1-6-25(2,3)28-23(33)20(15-9-11-16(12-10-15)30(4)5)31(14-17-8-7-13-35-17)24(34)21-18(26)19(22(27)32)29-36-21/h7-13,20H,6,14,26H2,1-5H3,(H2,27,32)(H,28,33)/t20-/m1/s1. The van der Waals surface area contributed by atoms with Gasteiger partial charge < -0.3 is 26.6 Å². The Bertz CT molecular complexity index is 1220. The topological polar surface area (TPSA) is 135 Å². The first-order valence-electron chi connectivity index (χ1n) is 11.4. The first kappa shape index (κ1) is 27.2. The molecule has 36 heavy (non-hydrogen) atoms. The predicted molar refractivity (Wildman–Crippen MR) is 145 cm³/mol. The van der Waals surface area contributed by atoms with Crippen LogP contribution in [0.25, 0.3) is 0 Å². The van der Waals surface area contributed by atoms with Crippen LogP contribution in [0.2, 0.25) is 0 Å². The number of hydrogen-bond donors (Lipinski definition) is 3. The molecule has 0 bridgehead atoms. The number of aromatic nitrogens is 1. The number of amides is 3. The summed E-state index contributed by atoms with van der Waals surface area (Å²) in [6, 6.07) is 10.3. The molecule has 3 rings (SSSR count). The van der Waals surface area contributed by atoms with Gasteiger partial charge in [-0.15, -0.1) is 11.3 Å². The van der Waals surface area contributed by atoms with Crippen molar-refractivity contribution < 1.29 is 14.4 Å². The Morgan fingerprint density at radius 3 is 2.31 bits per heavy atom. The fraction of sp³-hybridized carbons (Fsp3) is 0.360. The van der Waals surface area contributed by atoms with E-state index >= 15 is 0 Å². The molecule has 1 aromatic carbocycles. The normalized spacial score (nSPS) is 12.1. The van der Waals surface area contributed by atoms with Gasteiger partial charge in [0, 0.05) is 30.2 Å². The van der Waals surface area contributed by atoms with Crippen molar-refractivity contribution in [2.45, 2.75) is 45.3 Å². The number of benzene rings is 1. The van der Waals surface area contributed by atoms with E-state index in [4.69, 9.17) is 11.5 Å². The highest BCUT2D eigenvalue weighted by Gasteiger charge is 2.36. The highest BCUT2D eigenvalue weighted by atomic mass is 32.1. The molecule has 3 amide bonds. The average Bonchev–Trinajstić information content (AvgIpc) is 3.47. The maximum Gasteiger partial charge on any atom is 0.270 e. The number of rotatable bonds is 10. The average molecular weight is 529 g/mol. The number of carbonyl (C=O) groups excluding carboxylic acids is 3. The predicted octanol–water partition coefficient (Wildman–Crippen LogP) is 3.64. The molecule has 3 aromatic rings.